The predicted molar refractivity (Wildman–Crippen MR) is 103 cm³/mol. The molecule has 9 nitrogen and oxygen atoms in total. The lowest BCUT2D eigenvalue weighted by atomic mass is 10.2. The normalized spacial score (nSPS) is 17.5. The summed E-state index contributed by atoms with van der Waals surface area (Å²) in [7, 11) is -2.09. The van der Waals surface area contributed by atoms with Gasteiger partial charge in [0.2, 0.25) is 5.01 Å². The minimum absolute atomic E-state index is 0.0273. The van der Waals surface area contributed by atoms with Gasteiger partial charge in [-0.2, -0.15) is 4.31 Å². The number of hydrogen-bond acceptors (Lipinski definition) is 7. The second-order valence-corrected chi connectivity index (χ2v) is 9.41. The molecule has 0 saturated carbocycles. The molecule has 12 heteroatoms. The molecule has 0 radical (unpaired) electrons. The molecule has 152 valence electrons. The summed E-state index contributed by atoms with van der Waals surface area (Å²) < 4.78 is 42.1. The first-order valence-electron chi connectivity index (χ1n) is 8.75. The number of halogens is 1. The van der Waals surface area contributed by atoms with E-state index in [1.54, 1.807) is 17.7 Å². The molecule has 29 heavy (non-hydrogen) atoms. The molecule has 4 rings (SSSR count). The number of rotatable bonds is 5. The standard InChI is InChI=1S/C17H17FN6O3S2/c1-23-9-14(19-10-23)29(26,27)24-7-3-6-13(24)16-21-22-17(28-16)15(25)20-12-5-2-4-11(18)8-12/h2,4-5,8-10,13H,3,6-7H2,1H3,(H,20,25). The Labute approximate surface area is 170 Å². The van der Waals surface area contributed by atoms with E-state index in [1.165, 1.54) is 35.0 Å². The first-order valence-corrected chi connectivity index (χ1v) is 11.0. The van der Waals surface area contributed by atoms with E-state index in [1.807, 2.05) is 0 Å². The maximum Gasteiger partial charge on any atom is 0.286 e. The Morgan fingerprint density at radius 1 is 1.34 bits per heavy atom. The third-order valence-corrected chi connectivity index (χ3v) is 7.28. The van der Waals surface area contributed by atoms with E-state index in [2.05, 4.69) is 20.5 Å². The number of imidazole rings is 1. The van der Waals surface area contributed by atoms with E-state index in [0.29, 0.717) is 30.1 Å². The van der Waals surface area contributed by atoms with Gasteiger partial charge in [-0.1, -0.05) is 17.4 Å². The number of amides is 1. The van der Waals surface area contributed by atoms with Crippen molar-refractivity contribution in [2.75, 3.05) is 11.9 Å². The molecular formula is C17H17FN6O3S2. The van der Waals surface area contributed by atoms with Crippen LogP contribution in [0.25, 0.3) is 0 Å². The Hall–Kier alpha value is -2.70. The summed E-state index contributed by atoms with van der Waals surface area (Å²) in [4.78, 5) is 16.3. The number of nitrogens with zero attached hydrogens (tertiary/aromatic N) is 5. The van der Waals surface area contributed by atoms with Crippen LogP contribution >= 0.6 is 11.3 Å². The van der Waals surface area contributed by atoms with Crippen molar-refractivity contribution in [3.8, 4) is 0 Å². The van der Waals surface area contributed by atoms with Crippen LogP contribution in [-0.4, -0.2) is 44.9 Å². The van der Waals surface area contributed by atoms with Crippen LogP contribution < -0.4 is 5.32 Å². The van der Waals surface area contributed by atoms with Gasteiger partial charge in [-0.3, -0.25) is 4.79 Å². The lowest BCUT2D eigenvalue weighted by Crippen LogP contribution is -2.31. The van der Waals surface area contributed by atoms with Crippen molar-refractivity contribution in [3.63, 3.8) is 0 Å². The number of hydrogen-bond donors (Lipinski definition) is 1. The molecule has 1 atom stereocenters. The monoisotopic (exact) mass is 436 g/mol. The van der Waals surface area contributed by atoms with Crippen LogP contribution in [0.5, 0.6) is 0 Å². The average molecular weight is 436 g/mol. The van der Waals surface area contributed by atoms with Gasteiger partial charge in [0, 0.05) is 25.5 Å². The fraction of sp³-hybridized carbons (Fsp3) is 0.294. The lowest BCUT2D eigenvalue weighted by Gasteiger charge is -2.20. The molecule has 3 heterocycles. The SMILES string of the molecule is Cn1cnc(S(=O)(=O)N2CCCC2c2nnc(C(=O)Nc3cccc(F)c3)s2)c1. The highest BCUT2D eigenvalue weighted by Crippen LogP contribution is 2.37. The van der Waals surface area contributed by atoms with E-state index >= 15 is 0 Å². The van der Waals surface area contributed by atoms with Crippen molar-refractivity contribution in [2.24, 2.45) is 7.05 Å². The highest BCUT2D eigenvalue weighted by atomic mass is 32.2. The molecule has 1 N–H and O–H groups in total. The zero-order chi connectivity index (χ0) is 20.6. The van der Waals surface area contributed by atoms with Gasteiger partial charge in [0.25, 0.3) is 15.9 Å². The highest BCUT2D eigenvalue weighted by molar-refractivity contribution is 7.89. The molecule has 0 aliphatic carbocycles. The van der Waals surface area contributed by atoms with Crippen molar-refractivity contribution < 1.29 is 17.6 Å². The molecule has 1 aliphatic heterocycles. The van der Waals surface area contributed by atoms with Gasteiger partial charge in [0.1, 0.15) is 10.8 Å². The Balaban J connectivity index is 1.54. The molecule has 3 aromatic rings. The number of anilines is 1. The number of aryl methyl sites for hydroxylation is 1. The molecular weight excluding hydrogens is 419 g/mol. The van der Waals surface area contributed by atoms with E-state index in [0.717, 1.165) is 11.3 Å². The van der Waals surface area contributed by atoms with E-state index in [4.69, 9.17) is 0 Å². The van der Waals surface area contributed by atoms with Gasteiger partial charge in [0.05, 0.1) is 12.4 Å². The third-order valence-electron chi connectivity index (χ3n) is 4.46. The third kappa shape index (κ3) is 3.91. The number of nitrogens with one attached hydrogen (secondary N) is 1. The second kappa shape index (κ2) is 7.61. The molecule has 0 spiro atoms. The number of sulfonamides is 1. The van der Waals surface area contributed by atoms with Crippen LogP contribution in [0.15, 0.2) is 41.8 Å². The van der Waals surface area contributed by atoms with Crippen LogP contribution in [0.2, 0.25) is 0 Å². The van der Waals surface area contributed by atoms with Crippen LogP contribution in [-0.2, 0) is 17.1 Å². The fourth-order valence-electron chi connectivity index (χ4n) is 3.13. The summed E-state index contributed by atoms with van der Waals surface area (Å²) in [6.07, 6.45) is 4.12. The van der Waals surface area contributed by atoms with Gasteiger partial charge in [-0.05, 0) is 31.0 Å². The first kappa shape index (κ1) is 19.6. The van der Waals surface area contributed by atoms with Gasteiger partial charge < -0.3 is 9.88 Å². The molecule has 0 bridgehead atoms. The summed E-state index contributed by atoms with van der Waals surface area (Å²) in [6.45, 7) is 0.341. The van der Waals surface area contributed by atoms with Crippen LogP contribution in [0.4, 0.5) is 10.1 Å². The van der Waals surface area contributed by atoms with Crippen LogP contribution in [0, 0.1) is 5.82 Å². The number of carbonyl (C=O) groups excluding carboxylic acids is 1. The van der Waals surface area contributed by atoms with Crippen LogP contribution in [0.1, 0.15) is 33.7 Å². The maximum absolute atomic E-state index is 13.3. The zero-order valence-corrected chi connectivity index (χ0v) is 17.0. The summed E-state index contributed by atoms with van der Waals surface area (Å²) in [6, 6.07) is 5.00. The van der Waals surface area contributed by atoms with Gasteiger partial charge in [-0.25, -0.2) is 17.8 Å². The molecule has 1 aromatic carbocycles. The topological polar surface area (TPSA) is 110 Å². The zero-order valence-electron chi connectivity index (χ0n) is 15.3. The molecule has 1 aliphatic rings. The molecule has 1 fully saturated rings. The Bertz CT molecular complexity index is 1160. The number of aromatic nitrogens is 4. The van der Waals surface area contributed by atoms with Gasteiger partial charge in [0.15, 0.2) is 5.03 Å². The lowest BCUT2D eigenvalue weighted by molar-refractivity contribution is 0.102. The van der Waals surface area contributed by atoms with E-state index < -0.39 is 27.8 Å². The first-order chi connectivity index (χ1) is 13.8. The van der Waals surface area contributed by atoms with Crippen molar-refractivity contribution >= 4 is 33.0 Å². The molecule has 1 amide bonds. The van der Waals surface area contributed by atoms with Gasteiger partial charge >= 0.3 is 0 Å². The Morgan fingerprint density at radius 2 is 2.17 bits per heavy atom. The molecule has 1 saturated heterocycles. The summed E-state index contributed by atoms with van der Waals surface area (Å²) in [5.74, 6) is -1.00. The second-order valence-electron chi connectivity index (χ2n) is 6.56. The predicted octanol–water partition coefficient (Wildman–Crippen LogP) is 2.19. The quantitative estimate of drug-likeness (QED) is 0.657. The maximum atomic E-state index is 13.3. The van der Waals surface area contributed by atoms with Crippen LogP contribution in [0.3, 0.4) is 0 Å². The fourth-order valence-corrected chi connectivity index (χ4v) is 5.71. The van der Waals surface area contributed by atoms with Crippen molar-refractivity contribution in [1.29, 1.82) is 0 Å². The van der Waals surface area contributed by atoms with Crippen molar-refractivity contribution in [1.82, 2.24) is 24.1 Å². The smallest absolute Gasteiger partial charge is 0.286 e. The van der Waals surface area contributed by atoms with Crippen molar-refractivity contribution in [2.45, 2.75) is 23.9 Å². The largest absolute Gasteiger partial charge is 0.339 e. The van der Waals surface area contributed by atoms with E-state index in [9.17, 15) is 17.6 Å². The number of carbonyl (C=O) groups is 1. The van der Waals surface area contributed by atoms with Gasteiger partial charge in [-0.15, -0.1) is 10.2 Å². The van der Waals surface area contributed by atoms with Crippen molar-refractivity contribution in [3.05, 3.63) is 52.6 Å². The summed E-state index contributed by atoms with van der Waals surface area (Å²) in [5, 5.41) is 11.0. The minimum atomic E-state index is -3.78. The average Bonchev–Trinajstić information content (AvgIpc) is 3.41. The summed E-state index contributed by atoms with van der Waals surface area (Å²) >= 11 is 1.02. The summed E-state index contributed by atoms with van der Waals surface area (Å²) in [5.41, 5.74) is 0.298. The minimum Gasteiger partial charge on any atom is -0.339 e. The number of benzene rings is 1. The Morgan fingerprint density at radius 3 is 2.90 bits per heavy atom. The highest BCUT2D eigenvalue weighted by Gasteiger charge is 2.39. The molecule has 2 aromatic heterocycles. The molecule has 1 unspecified atom stereocenters. The van der Waals surface area contributed by atoms with E-state index in [-0.39, 0.29) is 10.0 Å². The Kier molecular flexibility index (Phi) is 5.15.